The fourth-order valence-corrected chi connectivity index (χ4v) is 4.16. The Labute approximate surface area is 165 Å². The standard InChI is InChI=1S/C22H22N2O3S/c1-17(25)23-20-12-14-21(15-13-20)28(26,27)24-22(19-10-6-3-7-11-19)16-18-8-4-2-5-9-18/h2-15,22,24H,16H2,1H3,(H,23,25)/t22-/m0/s1. The van der Waals surface area contributed by atoms with Crippen LogP contribution in [-0.4, -0.2) is 14.3 Å². The van der Waals surface area contributed by atoms with Crippen molar-refractivity contribution in [3.05, 3.63) is 96.1 Å². The highest BCUT2D eigenvalue weighted by atomic mass is 32.2. The first kappa shape index (κ1) is 19.8. The van der Waals surface area contributed by atoms with E-state index in [4.69, 9.17) is 0 Å². The van der Waals surface area contributed by atoms with Crippen molar-refractivity contribution in [2.75, 3.05) is 5.32 Å². The third-order valence-corrected chi connectivity index (χ3v) is 5.75. The number of anilines is 1. The topological polar surface area (TPSA) is 75.3 Å². The van der Waals surface area contributed by atoms with Crippen molar-refractivity contribution < 1.29 is 13.2 Å². The number of nitrogens with one attached hydrogen (secondary N) is 2. The Morgan fingerprint density at radius 2 is 1.43 bits per heavy atom. The second kappa shape index (κ2) is 8.82. The van der Waals surface area contributed by atoms with Crippen LogP contribution in [0.2, 0.25) is 0 Å². The summed E-state index contributed by atoms with van der Waals surface area (Å²) in [6.07, 6.45) is 0.536. The summed E-state index contributed by atoms with van der Waals surface area (Å²) in [6, 6.07) is 25.0. The molecule has 0 saturated heterocycles. The minimum atomic E-state index is -3.74. The van der Waals surface area contributed by atoms with E-state index in [0.29, 0.717) is 12.1 Å². The first-order valence-corrected chi connectivity index (χ1v) is 10.4. The van der Waals surface area contributed by atoms with E-state index in [2.05, 4.69) is 10.0 Å². The van der Waals surface area contributed by atoms with Crippen molar-refractivity contribution in [2.24, 2.45) is 0 Å². The zero-order valence-electron chi connectivity index (χ0n) is 15.5. The fourth-order valence-electron chi connectivity index (χ4n) is 2.94. The number of carbonyl (C=O) groups excluding carboxylic acids is 1. The summed E-state index contributed by atoms with van der Waals surface area (Å²) in [6.45, 7) is 1.40. The van der Waals surface area contributed by atoms with Gasteiger partial charge in [-0.3, -0.25) is 4.79 Å². The Morgan fingerprint density at radius 1 is 0.857 bits per heavy atom. The average Bonchev–Trinajstić information content (AvgIpc) is 2.69. The van der Waals surface area contributed by atoms with Crippen LogP contribution < -0.4 is 10.0 Å². The van der Waals surface area contributed by atoms with E-state index in [9.17, 15) is 13.2 Å². The molecule has 3 aromatic carbocycles. The van der Waals surface area contributed by atoms with Crippen molar-refractivity contribution in [1.82, 2.24) is 4.72 Å². The van der Waals surface area contributed by atoms with Gasteiger partial charge < -0.3 is 5.32 Å². The maximum Gasteiger partial charge on any atom is 0.241 e. The molecule has 0 radical (unpaired) electrons. The highest BCUT2D eigenvalue weighted by Gasteiger charge is 2.22. The molecule has 0 spiro atoms. The van der Waals surface area contributed by atoms with Crippen LogP contribution in [0, 0.1) is 0 Å². The van der Waals surface area contributed by atoms with Gasteiger partial charge in [-0.15, -0.1) is 0 Å². The molecule has 0 fully saturated rings. The number of hydrogen-bond acceptors (Lipinski definition) is 3. The van der Waals surface area contributed by atoms with Gasteiger partial charge in [-0.2, -0.15) is 0 Å². The van der Waals surface area contributed by atoms with Gasteiger partial charge in [0.25, 0.3) is 0 Å². The molecular formula is C22H22N2O3S. The summed E-state index contributed by atoms with van der Waals surface area (Å²) < 4.78 is 28.7. The van der Waals surface area contributed by atoms with Crippen molar-refractivity contribution in [3.63, 3.8) is 0 Å². The largest absolute Gasteiger partial charge is 0.326 e. The molecule has 28 heavy (non-hydrogen) atoms. The van der Waals surface area contributed by atoms with Gasteiger partial charge in [0, 0.05) is 12.6 Å². The summed E-state index contributed by atoms with van der Waals surface area (Å²) in [5.41, 5.74) is 2.49. The van der Waals surface area contributed by atoms with Crippen LogP contribution >= 0.6 is 0 Å². The lowest BCUT2D eigenvalue weighted by Gasteiger charge is -2.20. The van der Waals surface area contributed by atoms with Gasteiger partial charge in [-0.25, -0.2) is 13.1 Å². The molecule has 3 rings (SSSR count). The maximum absolute atomic E-state index is 12.9. The predicted molar refractivity (Wildman–Crippen MR) is 110 cm³/mol. The molecular weight excluding hydrogens is 372 g/mol. The van der Waals surface area contributed by atoms with Gasteiger partial charge in [-0.1, -0.05) is 60.7 Å². The number of rotatable bonds is 7. The molecule has 0 aliphatic carbocycles. The zero-order valence-corrected chi connectivity index (χ0v) is 16.3. The van der Waals surface area contributed by atoms with Crippen molar-refractivity contribution in [2.45, 2.75) is 24.3 Å². The maximum atomic E-state index is 12.9. The van der Waals surface area contributed by atoms with Gasteiger partial charge in [0.1, 0.15) is 0 Å². The first-order chi connectivity index (χ1) is 13.4. The van der Waals surface area contributed by atoms with Crippen LogP contribution in [-0.2, 0) is 21.2 Å². The molecule has 0 aliphatic heterocycles. The van der Waals surface area contributed by atoms with Crippen LogP contribution in [0.4, 0.5) is 5.69 Å². The molecule has 3 aromatic rings. The SMILES string of the molecule is CC(=O)Nc1ccc(S(=O)(=O)N[C@@H](Cc2ccccc2)c2ccccc2)cc1. The number of benzene rings is 3. The van der Waals surface area contributed by atoms with Gasteiger partial charge in [0.05, 0.1) is 10.9 Å². The summed E-state index contributed by atoms with van der Waals surface area (Å²) in [7, 11) is -3.74. The minimum Gasteiger partial charge on any atom is -0.326 e. The molecule has 0 aromatic heterocycles. The second-order valence-electron chi connectivity index (χ2n) is 6.48. The molecule has 0 heterocycles. The summed E-state index contributed by atoms with van der Waals surface area (Å²) in [4.78, 5) is 11.3. The van der Waals surface area contributed by atoms with E-state index >= 15 is 0 Å². The summed E-state index contributed by atoms with van der Waals surface area (Å²) in [5, 5.41) is 2.63. The molecule has 2 N–H and O–H groups in total. The molecule has 0 bridgehead atoms. The highest BCUT2D eigenvalue weighted by molar-refractivity contribution is 7.89. The highest BCUT2D eigenvalue weighted by Crippen LogP contribution is 2.22. The molecule has 6 heteroatoms. The third kappa shape index (κ3) is 5.28. The van der Waals surface area contributed by atoms with Crippen molar-refractivity contribution in [3.8, 4) is 0 Å². The third-order valence-electron chi connectivity index (χ3n) is 4.27. The van der Waals surface area contributed by atoms with Gasteiger partial charge in [0.15, 0.2) is 0 Å². The van der Waals surface area contributed by atoms with E-state index in [1.807, 2.05) is 60.7 Å². The molecule has 0 unspecified atom stereocenters. The predicted octanol–water partition coefficient (Wildman–Crippen LogP) is 3.91. The lowest BCUT2D eigenvalue weighted by Crippen LogP contribution is -2.30. The van der Waals surface area contributed by atoms with Crippen LogP contribution in [0.5, 0.6) is 0 Å². The molecule has 0 aliphatic rings. The van der Waals surface area contributed by atoms with Gasteiger partial charge in [-0.05, 0) is 41.8 Å². The molecule has 144 valence electrons. The van der Waals surface area contributed by atoms with E-state index in [0.717, 1.165) is 11.1 Å². The van der Waals surface area contributed by atoms with Crippen LogP contribution in [0.3, 0.4) is 0 Å². The van der Waals surface area contributed by atoms with Crippen LogP contribution in [0.1, 0.15) is 24.1 Å². The number of carbonyl (C=O) groups is 1. The van der Waals surface area contributed by atoms with E-state index in [-0.39, 0.29) is 10.8 Å². The molecule has 1 atom stereocenters. The lowest BCUT2D eigenvalue weighted by atomic mass is 10.00. The fraction of sp³-hybridized carbons (Fsp3) is 0.136. The normalized spacial score (nSPS) is 12.3. The Balaban J connectivity index is 1.85. The Bertz CT molecular complexity index is 1020. The second-order valence-corrected chi connectivity index (χ2v) is 8.19. The number of hydrogen-bond donors (Lipinski definition) is 2. The Morgan fingerprint density at radius 3 is 2.00 bits per heavy atom. The lowest BCUT2D eigenvalue weighted by molar-refractivity contribution is -0.114. The van der Waals surface area contributed by atoms with Crippen LogP contribution in [0.15, 0.2) is 89.8 Å². The van der Waals surface area contributed by atoms with E-state index in [1.165, 1.54) is 19.1 Å². The molecule has 1 amide bonds. The minimum absolute atomic E-state index is 0.149. The first-order valence-electron chi connectivity index (χ1n) is 8.93. The average molecular weight is 394 g/mol. The number of sulfonamides is 1. The summed E-state index contributed by atoms with van der Waals surface area (Å²) >= 11 is 0. The Hall–Kier alpha value is -2.96. The summed E-state index contributed by atoms with van der Waals surface area (Å²) in [5.74, 6) is -0.208. The molecule has 0 saturated carbocycles. The Kier molecular flexibility index (Phi) is 6.23. The van der Waals surface area contributed by atoms with E-state index < -0.39 is 16.1 Å². The molecule has 5 nitrogen and oxygen atoms in total. The quantitative estimate of drug-likeness (QED) is 0.638. The van der Waals surface area contributed by atoms with Crippen molar-refractivity contribution >= 4 is 21.6 Å². The van der Waals surface area contributed by atoms with Crippen LogP contribution in [0.25, 0.3) is 0 Å². The van der Waals surface area contributed by atoms with E-state index in [1.54, 1.807) is 12.1 Å². The number of amides is 1. The van der Waals surface area contributed by atoms with Gasteiger partial charge >= 0.3 is 0 Å². The smallest absolute Gasteiger partial charge is 0.241 e. The van der Waals surface area contributed by atoms with Gasteiger partial charge in [0.2, 0.25) is 15.9 Å². The monoisotopic (exact) mass is 394 g/mol. The zero-order chi connectivity index (χ0) is 20.0. The van der Waals surface area contributed by atoms with Crippen molar-refractivity contribution in [1.29, 1.82) is 0 Å².